The summed E-state index contributed by atoms with van der Waals surface area (Å²) in [5.41, 5.74) is 1.67. The Hall–Kier alpha value is -2.34. The van der Waals surface area contributed by atoms with E-state index in [4.69, 9.17) is 16.3 Å². The molecule has 0 aliphatic heterocycles. The fourth-order valence-electron chi connectivity index (χ4n) is 1.51. The van der Waals surface area contributed by atoms with Gasteiger partial charge in [-0.3, -0.25) is 10.1 Å². The first-order valence-electron chi connectivity index (χ1n) is 7.11. The van der Waals surface area contributed by atoms with Crippen molar-refractivity contribution in [3.05, 3.63) is 40.4 Å². The summed E-state index contributed by atoms with van der Waals surface area (Å²) in [5.74, 6) is -1.38. The van der Waals surface area contributed by atoms with Crippen LogP contribution in [0, 0.1) is 6.92 Å². The molecule has 0 fully saturated rings. The lowest BCUT2D eigenvalue weighted by Gasteiger charge is -2.05. The molecule has 6 nitrogen and oxygen atoms in total. The lowest BCUT2D eigenvalue weighted by molar-refractivity contribution is -0.143. The van der Waals surface area contributed by atoms with Gasteiger partial charge in [-0.25, -0.2) is 9.59 Å². The Labute approximate surface area is 139 Å². The number of hydrogen-bond donors (Lipinski definition) is 2. The average molecular weight is 339 g/mol. The van der Waals surface area contributed by atoms with Crippen molar-refractivity contribution in [2.45, 2.75) is 20.3 Å². The first-order valence-corrected chi connectivity index (χ1v) is 7.49. The third-order valence-electron chi connectivity index (χ3n) is 2.74. The van der Waals surface area contributed by atoms with Crippen molar-refractivity contribution in [1.29, 1.82) is 0 Å². The van der Waals surface area contributed by atoms with Crippen molar-refractivity contribution >= 4 is 35.6 Å². The predicted octanol–water partition coefficient (Wildman–Crippen LogP) is 2.44. The Morgan fingerprint density at radius 3 is 2.70 bits per heavy atom. The molecule has 0 saturated heterocycles. The van der Waals surface area contributed by atoms with Crippen LogP contribution in [-0.4, -0.2) is 31.1 Å². The van der Waals surface area contributed by atoms with Gasteiger partial charge in [-0.05, 0) is 36.6 Å². The molecule has 1 rings (SSSR count). The molecule has 0 aliphatic rings. The SMILES string of the molecule is CCCNC(=O)NC(=O)COC(=O)/C=C/c1ccc(C)c(Cl)c1. The van der Waals surface area contributed by atoms with Gasteiger partial charge in [0.2, 0.25) is 0 Å². The Morgan fingerprint density at radius 1 is 1.30 bits per heavy atom. The van der Waals surface area contributed by atoms with Crippen molar-refractivity contribution in [3.8, 4) is 0 Å². The van der Waals surface area contributed by atoms with Crippen molar-refractivity contribution in [2.24, 2.45) is 0 Å². The maximum atomic E-state index is 11.5. The Kier molecular flexibility index (Phi) is 7.83. The van der Waals surface area contributed by atoms with Gasteiger partial charge in [0.15, 0.2) is 6.61 Å². The van der Waals surface area contributed by atoms with Crippen LogP contribution in [0.5, 0.6) is 0 Å². The monoisotopic (exact) mass is 338 g/mol. The highest BCUT2D eigenvalue weighted by Gasteiger charge is 2.08. The average Bonchev–Trinajstić information content (AvgIpc) is 2.52. The highest BCUT2D eigenvalue weighted by molar-refractivity contribution is 6.31. The van der Waals surface area contributed by atoms with Crippen LogP contribution in [0.25, 0.3) is 6.08 Å². The molecular weight excluding hydrogens is 320 g/mol. The highest BCUT2D eigenvalue weighted by atomic mass is 35.5. The molecule has 0 radical (unpaired) electrons. The van der Waals surface area contributed by atoms with Gasteiger partial charge >= 0.3 is 12.0 Å². The van der Waals surface area contributed by atoms with E-state index in [-0.39, 0.29) is 0 Å². The van der Waals surface area contributed by atoms with Crippen LogP contribution in [0.1, 0.15) is 24.5 Å². The number of carbonyl (C=O) groups is 3. The zero-order chi connectivity index (χ0) is 17.2. The van der Waals surface area contributed by atoms with E-state index in [1.54, 1.807) is 12.1 Å². The molecule has 0 atom stereocenters. The zero-order valence-electron chi connectivity index (χ0n) is 13.0. The molecule has 0 saturated carbocycles. The zero-order valence-corrected chi connectivity index (χ0v) is 13.8. The summed E-state index contributed by atoms with van der Waals surface area (Å²) < 4.78 is 4.73. The van der Waals surface area contributed by atoms with E-state index in [1.165, 1.54) is 12.2 Å². The van der Waals surface area contributed by atoms with Crippen molar-refractivity contribution in [2.75, 3.05) is 13.2 Å². The van der Waals surface area contributed by atoms with Crippen LogP contribution in [0.4, 0.5) is 4.79 Å². The molecule has 0 bridgehead atoms. The van der Waals surface area contributed by atoms with Crippen LogP contribution < -0.4 is 10.6 Å². The quantitative estimate of drug-likeness (QED) is 0.616. The molecule has 23 heavy (non-hydrogen) atoms. The number of halogens is 1. The number of aryl methyl sites for hydroxylation is 1. The van der Waals surface area contributed by atoms with Gasteiger partial charge < -0.3 is 10.1 Å². The van der Waals surface area contributed by atoms with E-state index in [9.17, 15) is 14.4 Å². The normalized spacial score (nSPS) is 10.4. The minimum Gasteiger partial charge on any atom is -0.452 e. The van der Waals surface area contributed by atoms with Gasteiger partial charge in [0.1, 0.15) is 0 Å². The summed E-state index contributed by atoms with van der Waals surface area (Å²) in [6.07, 6.45) is 3.47. The van der Waals surface area contributed by atoms with E-state index in [0.29, 0.717) is 11.6 Å². The number of carbonyl (C=O) groups excluding carboxylic acids is 3. The summed E-state index contributed by atoms with van der Waals surface area (Å²) in [7, 11) is 0. The van der Waals surface area contributed by atoms with Gasteiger partial charge in [0, 0.05) is 17.6 Å². The number of imide groups is 1. The fraction of sp³-hybridized carbons (Fsp3) is 0.312. The van der Waals surface area contributed by atoms with Gasteiger partial charge in [0.05, 0.1) is 0 Å². The van der Waals surface area contributed by atoms with Crippen LogP contribution in [0.2, 0.25) is 5.02 Å². The number of nitrogens with one attached hydrogen (secondary N) is 2. The third-order valence-corrected chi connectivity index (χ3v) is 3.15. The highest BCUT2D eigenvalue weighted by Crippen LogP contribution is 2.17. The first kappa shape index (κ1) is 18.7. The molecule has 7 heteroatoms. The second-order valence-electron chi connectivity index (χ2n) is 4.75. The summed E-state index contributed by atoms with van der Waals surface area (Å²) >= 11 is 5.98. The maximum absolute atomic E-state index is 11.5. The molecule has 0 aromatic heterocycles. The van der Waals surface area contributed by atoms with Crippen LogP contribution in [-0.2, 0) is 14.3 Å². The van der Waals surface area contributed by atoms with E-state index >= 15 is 0 Å². The van der Waals surface area contributed by atoms with Crippen molar-refractivity contribution < 1.29 is 19.1 Å². The van der Waals surface area contributed by atoms with Gasteiger partial charge in [-0.1, -0.05) is 30.7 Å². The molecule has 1 aromatic carbocycles. The molecule has 1 aromatic rings. The van der Waals surface area contributed by atoms with Crippen molar-refractivity contribution in [3.63, 3.8) is 0 Å². The fourth-order valence-corrected chi connectivity index (χ4v) is 1.70. The Bertz CT molecular complexity index is 614. The second kappa shape index (κ2) is 9.63. The van der Waals surface area contributed by atoms with Crippen LogP contribution >= 0.6 is 11.6 Å². The number of hydrogen-bond acceptors (Lipinski definition) is 4. The van der Waals surface area contributed by atoms with E-state index in [1.807, 2.05) is 25.2 Å². The minimum atomic E-state index is -0.696. The largest absolute Gasteiger partial charge is 0.452 e. The number of amides is 3. The lowest BCUT2D eigenvalue weighted by Crippen LogP contribution is -2.41. The molecule has 0 aliphatic carbocycles. The number of urea groups is 1. The standard InChI is InChI=1S/C16H19ClN2O4/c1-3-8-18-16(22)19-14(20)10-23-15(21)7-6-12-5-4-11(2)13(17)9-12/h4-7,9H,3,8,10H2,1-2H3,(H2,18,19,20,22)/b7-6+. The van der Waals surface area contributed by atoms with Gasteiger partial charge in [-0.15, -0.1) is 0 Å². The molecule has 3 amide bonds. The second-order valence-corrected chi connectivity index (χ2v) is 5.16. The molecule has 124 valence electrons. The van der Waals surface area contributed by atoms with Gasteiger partial charge in [-0.2, -0.15) is 0 Å². The number of benzene rings is 1. The van der Waals surface area contributed by atoms with E-state index in [0.717, 1.165) is 17.5 Å². The van der Waals surface area contributed by atoms with Crippen LogP contribution in [0.3, 0.4) is 0 Å². The molecule has 2 N–H and O–H groups in total. The lowest BCUT2D eigenvalue weighted by atomic mass is 10.1. The summed E-state index contributed by atoms with van der Waals surface area (Å²) in [6.45, 7) is 3.69. The predicted molar refractivity (Wildman–Crippen MR) is 88.0 cm³/mol. The molecular formula is C16H19ClN2O4. The summed E-state index contributed by atoms with van der Waals surface area (Å²) in [4.78, 5) is 34.1. The minimum absolute atomic E-state index is 0.459. The first-order chi connectivity index (χ1) is 10.9. The molecule has 0 unspecified atom stereocenters. The number of rotatable bonds is 6. The smallest absolute Gasteiger partial charge is 0.331 e. The van der Waals surface area contributed by atoms with Gasteiger partial charge in [0.25, 0.3) is 5.91 Å². The Morgan fingerprint density at radius 2 is 2.04 bits per heavy atom. The third kappa shape index (κ3) is 7.46. The molecule has 0 spiro atoms. The van der Waals surface area contributed by atoms with Crippen molar-refractivity contribution in [1.82, 2.24) is 10.6 Å². The van der Waals surface area contributed by atoms with Crippen LogP contribution in [0.15, 0.2) is 24.3 Å². The van der Waals surface area contributed by atoms with E-state index < -0.39 is 24.5 Å². The Balaban J connectivity index is 2.38. The topological polar surface area (TPSA) is 84.5 Å². The van der Waals surface area contributed by atoms with E-state index in [2.05, 4.69) is 5.32 Å². The number of ether oxygens (including phenoxy) is 1. The summed E-state index contributed by atoms with van der Waals surface area (Å²) in [5, 5.41) is 5.11. The maximum Gasteiger partial charge on any atom is 0.331 e. The molecule has 0 heterocycles. The number of esters is 1. The summed E-state index contributed by atoms with van der Waals surface area (Å²) in [6, 6.07) is 4.73.